The average Bonchev–Trinajstić information content (AvgIpc) is 3.05. The fraction of sp³-hybridized carbons (Fsp3) is 0.0556. The summed E-state index contributed by atoms with van der Waals surface area (Å²) in [5.74, 6) is 0.190. The maximum Gasteiger partial charge on any atom is 0.432 e. The Hall–Kier alpha value is -3.88. The molecule has 0 aliphatic carbocycles. The number of pyridine rings is 2. The van der Waals surface area contributed by atoms with Crippen molar-refractivity contribution in [1.29, 1.82) is 0 Å². The number of aryl methyl sites for hydroxylation is 1. The molecule has 0 saturated carbocycles. The highest BCUT2D eigenvalue weighted by atomic mass is 19.1. The average molecular weight is 364 g/mol. The Labute approximate surface area is 152 Å². The summed E-state index contributed by atoms with van der Waals surface area (Å²) >= 11 is 0. The Kier molecular flexibility index (Phi) is 4.17. The van der Waals surface area contributed by atoms with Gasteiger partial charge in [0.15, 0.2) is 17.2 Å². The van der Waals surface area contributed by atoms with Gasteiger partial charge in [-0.3, -0.25) is 4.98 Å². The van der Waals surface area contributed by atoms with Crippen LogP contribution in [0.1, 0.15) is 5.69 Å². The molecule has 0 aromatic carbocycles. The van der Waals surface area contributed by atoms with E-state index in [9.17, 15) is 9.18 Å². The van der Waals surface area contributed by atoms with Crippen LogP contribution < -0.4 is 10.2 Å². The number of halogens is 1. The second-order valence-electron chi connectivity index (χ2n) is 5.61. The topological polar surface area (TPSA) is 94.8 Å². The lowest BCUT2D eigenvalue weighted by Gasteiger charge is -2.10. The van der Waals surface area contributed by atoms with Gasteiger partial charge in [0.1, 0.15) is 11.5 Å². The van der Waals surface area contributed by atoms with Crippen LogP contribution in [0.4, 0.5) is 9.18 Å². The van der Waals surface area contributed by atoms with E-state index < -0.39 is 11.9 Å². The van der Waals surface area contributed by atoms with Crippen LogP contribution in [0.25, 0.3) is 22.6 Å². The van der Waals surface area contributed by atoms with Crippen LogP contribution in [0.5, 0.6) is 5.75 Å². The first-order chi connectivity index (χ1) is 13.1. The first-order valence-corrected chi connectivity index (χ1v) is 7.96. The molecule has 1 amide bonds. The number of hydrogen-bond acceptors (Lipinski definition) is 6. The first kappa shape index (κ1) is 16.6. The van der Waals surface area contributed by atoms with E-state index in [4.69, 9.17) is 4.74 Å². The molecule has 9 heteroatoms. The molecule has 0 aliphatic rings. The van der Waals surface area contributed by atoms with E-state index >= 15 is 0 Å². The van der Waals surface area contributed by atoms with Crippen molar-refractivity contribution in [2.75, 3.05) is 5.43 Å². The standard InChI is InChI=1S/C18H13FN6O2/c1-11-15(10-21-16(23-11)14-4-2-3-6-20-14)27-18(26)24-25-7-5-12-8-13(19)9-22-17(12)25/h2-10H,1H3,(H,24,26). The summed E-state index contributed by atoms with van der Waals surface area (Å²) in [6.45, 7) is 1.70. The summed E-state index contributed by atoms with van der Waals surface area (Å²) in [6, 6.07) is 8.36. The van der Waals surface area contributed by atoms with E-state index in [1.807, 2.05) is 6.07 Å². The number of rotatable bonds is 3. The summed E-state index contributed by atoms with van der Waals surface area (Å²) in [6.07, 6.45) is 4.92. The van der Waals surface area contributed by atoms with E-state index in [-0.39, 0.29) is 5.75 Å². The zero-order valence-corrected chi connectivity index (χ0v) is 14.1. The van der Waals surface area contributed by atoms with Gasteiger partial charge >= 0.3 is 6.09 Å². The first-order valence-electron chi connectivity index (χ1n) is 7.96. The van der Waals surface area contributed by atoms with Crippen LogP contribution in [0.3, 0.4) is 0 Å². The van der Waals surface area contributed by atoms with Crippen molar-refractivity contribution < 1.29 is 13.9 Å². The molecule has 0 bridgehead atoms. The second-order valence-corrected chi connectivity index (χ2v) is 5.61. The van der Waals surface area contributed by atoms with Crippen molar-refractivity contribution >= 4 is 17.1 Å². The number of aromatic nitrogens is 5. The van der Waals surface area contributed by atoms with Gasteiger partial charge in [-0.1, -0.05) is 6.07 Å². The van der Waals surface area contributed by atoms with E-state index in [0.717, 1.165) is 6.20 Å². The number of fused-ring (bicyclic) bond motifs is 1. The minimum Gasteiger partial charge on any atom is -0.406 e. The van der Waals surface area contributed by atoms with Crippen molar-refractivity contribution in [3.8, 4) is 17.3 Å². The zero-order chi connectivity index (χ0) is 18.8. The fourth-order valence-electron chi connectivity index (χ4n) is 2.48. The maximum atomic E-state index is 13.2. The van der Waals surface area contributed by atoms with Gasteiger partial charge in [-0.05, 0) is 31.2 Å². The van der Waals surface area contributed by atoms with Crippen molar-refractivity contribution in [2.45, 2.75) is 6.92 Å². The van der Waals surface area contributed by atoms with Crippen LogP contribution in [-0.2, 0) is 0 Å². The molecule has 0 unspecified atom stereocenters. The molecule has 4 heterocycles. The number of carbonyl (C=O) groups is 1. The quantitative estimate of drug-likeness (QED) is 0.600. The number of nitrogens with one attached hydrogen (secondary N) is 1. The van der Waals surface area contributed by atoms with Crippen LogP contribution in [0.2, 0.25) is 0 Å². The van der Waals surface area contributed by atoms with Gasteiger partial charge in [-0.2, -0.15) is 0 Å². The van der Waals surface area contributed by atoms with Crippen LogP contribution >= 0.6 is 0 Å². The Morgan fingerprint density at radius 2 is 2.07 bits per heavy atom. The molecule has 0 aliphatic heterocycles. The summed E-state index contributed by atoms with van der Waals surface area (Å²) < 4.78 is 19.8. The van der Waals surface area contributed by atoms with E-state index in [1.165, 1.54) is 16.9 Å². The van der Waals surface area contributed by atoms with Gasteiger partial charge < -0.3 is 4.74 Å². The smallest absolute Gasteiger partial charge is 0.406 e. The lowest BCUT2D eigenvalue weighted by Crippen LogP contribution is -2.26. The molecule has 134 valence electrons. The number of amides is 1. The van der Waals surface area contributed by atoms with Gasteiger partial charge in [0, 0.05) is 17.8 Å². The SMILES string of the molecule is Cc1nc(-c2ccccn2)ncc1OC(=O)Nn1ccc2cc(F)cnc21. The summed E-state index contributed by atoms with van der Waals surface area (Å²) in [7, 11) is 0. The molecule has 4 rings (SSSR count). The third kappa shape index (κ3) is 3.43. The van der Waals surface area contributed by atoms with Gasteiger partial charge in [0.25, 0.3) is 0 Å². The van der Waals surface area contributed by atoms with Crippen molar-refractivity contribution in [1.82, 2.24) is 24.6 Å². The molecule has 0 spiro atoms. The second kappa shape index (κ2) is 6.79. The molecule has 27 heavy (non-hydrogen) atoms. The summed E-state index contributed by atoms with van der Waals surface area (Å²) in [4.78, 5) is 28.8. The molecule has 0 fully saturated rings. The molecule has 0 atom stereocenters. The van der Waals surface area contributed by atoms with Gasteiger partial charge in [-0.25, -0.2) is 34.2 Å². The number of carbonyl (C=O) groups excluding carboxylic acids is 1. The number of hydrogen-bond donors (Lipinski definition) is 1. The lowest BCUT2D eigenvalue weighted by molar-refractivity contribution is 0.211. The molecule has 0 radical (unpaired) electrons. The highest BCUT2D eigenvalue weighted by Crippen LogP contribution is 2.19. The number of nitrogens with zero attached hydrogens (tertiary/aromatic N) is 5. The predicted molar refractivity (Wildman–Crippen MR) is 95.1 cm³/mol. The molecule has 0 saturated heterocycles. The van der Waals surface area contributed by atoms with E-state index in [2.05, 4.69) is 25.4 Å². The normalized spacial score (nSPS) is 10.7. The predicted octanol–water partition coefficient (Wildman–Crippen LogP) is 3.08. The summed E-state index contributed by atoms with van der Waals surface area (Å²) in [5.41, 5.74) is 4.01. The molecule has 4 aromatic rings. The summed E-state index contributed by atoms with van der Waals surface area (Å²) in [5, 5.41) is 0.550. The fourth-order valence-corrected chi connectivity index (χ4v) is 2.48. The highest BCUT2D eigenvalue weighted by molar-refractivity contribution is 5.83. The molecular weight excluding hydrogens is 351 g/mol. The molecular formula is C18H13FN6O2. The number of ether oxygens (including phenoxy) is 1. The van der Waals surface area contributed by atoms with Crippen molar-refractivity contribution in [3.05, 3.63) is 66.6 Å². The highest BCUT2D eigenvalue weighted by Gasteiger charge is 2.13. The Morgan fingerprint density at radius 1 is 1.19 bits per heavy atom. The minimum atomic E-state index is -0.754. The lowest BCUT2D eigenvalue weighted by atomic mass is 10.3. The largest absolute Gasteiger partial charge is 0.432 e. The van der Waals surface area contributed by atoms with Crippen LogP contribution in [0.15, 0.2) is 55.1 Å². The monoisotopic (exact) mass is 364 g/mol. The Morgan fingerprint density at radius 3 is 2.85 bits per heavy atom. The van der Waals surface area contributed by atoms with Crippen LogP contribution in [0, 0.1) is 12.7 Å². The van der Waals surface area contributed by atoms with Crippen molar-refractivity contribution in [2.24, 2.45) is 0 Å². The third-order valence-corrected chi connectivity index (χ3v) is 3.74. The zero-order valence-electron chi connectivity index (χ0n) is 14.1. The molecule has 1 N–H and O–H groups in total. The molecule has 8 nitrogen and oxygen atoms in total. The Bertz CT molecular complexity index is 1130. The Balaban J connectivity index is 1.51. The van der Waals surface area contributed by atoms with Crippen LogP contribution in [-0.4, -0.2) is 30.7 Å². The minimum absolute atomic E-state index is 0.211. The van der Waals surface area contributed by atoms with Gasteiger partial charge in [0.2, 0.25) is 0 Å². The third-order valence-electron chi connectivity index (χ3n) is 3.74. The maximum absolute atomic E-state index is 13.2. The van der Waals surface area contributed by atoms with Gasteiger partial charge in [-0.15, -0.1) is 0 Å². The van der Waals surface area contributed by atoms with E-state index in [0.29, 0.717) is 28.2 Å². The van der Waals surface area contributed by atoms with Crippen molar-refractivity contribution in [3.63, 3.8) is 0 Å². The van der Waals surface area contributed by atoms with E-state index in [1.54, 1.807) is 37.5 Å². The molecule has 4 aromatic heterocycles. The van der Waals surface area contributed by atoms with Gasteiger partial charge in [0.05, 0.1) is 18.1 Å².